The third-order valence-electron chi connectivity index (χ3n) is 4.77. The summed E-state index contributed by atoms with van der Waals surface area (Å²) < 4.78 is 3.63. The predicted octanol–water partition coefficient (Wildman–Crippen LogP) is 5.15. The SMILES string of the molecule is CC(C)c1c(C(=O)Nc2ccc(Cn3cccn3)cc2)cnn1-c1cccc(Cl)c1. The number of aromatic nitrogens is 4. The van der Waals surface area contributed by atoms with Crippen LogP contribution in [0.3, 0.4) is 0 Å². The van der Waals surface area contributed by atoms with Crippen molar-refractivity contribution in [2.75, 3.05) is 5.32 Å². The van der Waals surface area contributed by atoms with Crippen LogP contribution in [0.4, 0.5) is 5.69 Å². The van der Waals surface area contributed by atoms with Gasteiger partial charge in [-0.15, -0.1) is 0 Å². The molecule has 1 N–H and O–H groups in total. The van der Waals surface area contributed by atoms with Crippen LogP contribution in [0.25, 0.3) is 5.69 Å². The van der Waals surface area contributed by atoms with Gasteiger partial charge < -0.3 is 5.32 Å². The van der Waals surface area contributed by atoms with E-state index in [0.29, 0.717) is 17.1 Å². The zero-order valence-corrected chi connectivity index (χ0v) is 17.5. The Morgan fingerprint density at radius 3 is 2.57 bits per heavy atom. The molecule has 2 aromatic carbocycles. The van der Waals surface area contributed by atoms with Crippen LogP contribution in [0.5, 0.6) is 0 Å². The van der Waals surface area contributed by atoms with E-state index in [1.807, 2.05) is 79.3 Å². The van der Waals surface area contributed by atoms with Gasteiger partial charge in [-0.25, -0.2) is 4.68 Å². The molecule has 0 spiro atoms. The first-order valence-electron chi connectivity index (χ1n) is 9.73. The summed E-state index contributed by atoms with van der Waals surface area (Å²) in [6.45, 7) is 4.77. The molecule has 0 saturated heterocycles. The van der Waals surface area contributed by atoms with Gasteiger partial charge in [0.25, 0.3) is 5.91 Å². The number of rotatable bonds is 6. The van der Waals surface area contributed by atoms with E-state index in [0.717, 1.165) is 22.6 Å². The van der Waals surface area contributed by atoms with Crippen LogP contribution in [0.15, 0.2) is 73.2 Å². The summed E-state index contributed by atoms with van der Waals surface area (Å²) in [4.78, 5) is 13.0. The number of halogens is 1. The number of benzene rings is 2. The first-order valence-corrected chi connectivity index (χ1v) is 10.1. The molecule has 0 aliphatic rings. The normalized spacial score (nSPS) is 11.1. The molecule has 152 valence electrons. The summed E-state index contributed by atoms with van der Waals surface area (Å²) in [7, 11) is 0. The van der Waals surface area contributed by atoms with Gasteiger partial charge in [0.1, 0.15) is 0 Å². The second kappa shape index (κ2) is 8.55. The lowest BCUT2D eigenvalue weighted by atomic mass is 10.0. The number of hydrogen-bond acceptors (Lipinski definition) is 3. The van der Waals surface area contributed by atoms with Crippen LogP contribution < -0.4 is 5.32 Å². The number of hydrogen-bond donors (Lipinski definition) is 1. The van der Waals surface area contributed by atoms with E-state index in [1.54, 1.807) is 17.1 Å². The van der Waals surface area contributed by atoms with Gasteiger partial charge >= 0.3 is 0 Å². The van der Waals surface area contributed by atoms with Crippen molar-refractivity contribution < 1.29 is 4.79 Å². The van der Waals surface area contributed by atoms with Crippen LogP contribution in [-0.4, -0.2) is 25.5 Å². The number of amides is 1. The van der Waals surface area contributed by atoms with Crippen LogP contribution in [-0.2, 0) is 6.54 Å². The standard InChI is InChI=1S/C23H22ClN5O/c1-16(2)22-21(14-26-29(22)20-6-3-5-18(24)13-20)23(30)27-19-9-7-17(8-10-19)15-28-12-4-11-25-28/h3-14,16H,15H2,1-2H3,(H,27,30). The van der Waals surface area contributed by atoms with E-state index in [9.17, 15) is 4.79 Å². The number of carbonyl (C=O) groups excluding carboxylic acids is 1. The first kappa shape index (κ1) is 19.9. The van der Waals surface area contributed by atoms with E-state index < -0.39 is 0 Å². The molecule has 0 unspecified atom stereocenters. The molecule has 30 heavy (non-hydrogen) atoms. The number of carbonyl (C=O) groups is 1. The smallest absolute Gasteiger partial charge is 0.259 e. The highest BCUT2D eigenvalue weighted by Gasteiger charge is 2.21. The van der Waals surface area contributed by atoms with E-state index >= 15 is 0 Å². The average Bonchev–Trinajstić information content (AvgIpc) is 3.39. The van der Waals surface area contributed by atoms with E-state index in [1.165, 1.54) is 0 Å². The van der Waals surface area contributed by atoms with Gasteiger partial charge in [-0.2, -0.15) is 10.2 Å². The monoisotopic (exact) mass is 419 g/mol. The fourth-order valence-corrected chi connectivity index (χ4v) is 3.56. The average molecular weight is 420 g/mol. The van der Waals surface area contributed by atoms with Crippen LogP contribution in [0.1, 0.15) is 41.4 Å². The van der Waals surface area contributed by atoms with Crippen LogP contribution in [0.2, 0.25) is 5.02 Å². The third-order valence-corrected chi connectivity index (χ3v) is 5.00. The summed E-state index contributed by atoms with van der Waals surface area (Å²) >= 11 is 6.13. The van der Waals surface area contributed by atoms with Crippen molar-refractivity contribution >= 4 is 23.2 Å². The maximum absolute atomic E-state index is 13.0. The summed E-state index contributed by atoms with van der Waals surface area (Å²) in [5.74, 6) is -0.0875. The van der Waals surface area contributed by atoms with Crippen molar-refractivity contribution in [3.63, 3.8) is 0 Å². The zero-order chi connectivity index (χ0) is 21.1. The highest BCUT2D eigenvalue weighted by Crippen LogP contribution is 2.25. The fourth-order valence-electron chi connectivity index (χ4n) is 3.37. The Hall–Kier alpha value is -3.38. The summed E-state index contributed by atoms with van der Waals surface area (Å²) in [6, 6.07) is 17.1. The Balaban J connectivity index is 1.55. The molecule has 0 aliphatic carbocycles. The van der Waals surface area contributed by atoms with Crippen molar-refractivity contribution in [1.29, 1.82) is 0 Å². The van der Waals surface area contributed by atoms with Crippen LogP contribution >= 0.6 is 11.6 Å². The number of nitrogens with zero attached hydrogens (tertiary/aromatic N) is 4. The van der Waals surface area contributed by atoms with Crippen LogP contribution in [0, 0.1) is 0 Å². The van der Waals surface area contributed by atoms with Gasteiger partial charge in [0.2, 0.25) is 0 Å². The zero-order valence-electron chi connectivity index (χ0n) is 16.8. The molecular formula is C23H22ClN5O. The Morgan fingerprint density at radius 1 is 1.10 bits per heavy atom. The molecule has 1 amide bonds. The number of nitrogens with one attached hydrogen (secondary N) is 1. The maximum atomic E-state index is 13.0. The minimum atomic E-state index is -0.188. The predicted molar refractivity (Wildman–Crippen MR) is 118 cm³/mol. The topological polar surface area (TPSA) is 64.7 Å². The Bertz CT molecular complexity index is 1150. The van der Waals surface area contributed by atoms with Crippen molar-refractivity contribution in [1.82, 2.24) is 19.6 Å². The minimum absolute atomic E-state index is 0.101. The lowest BCUT2D eigenvalue weighted by molar-refractivity contribution is 0.102. The molecule has 0 saturated carbocycles. The molecule has 0 bridgehead atoms. The molecular weight excluding hydrogens is 398 g/mol. The molecule has 4 aromatic rings. The largest absolute Gasteiger partial charge is 0.322 e. The molecule has 4 rings (SSSR count). The molecule has 2 heterocycles. The Morgan fingerprint density at radius 2 is 1.90 bits per heavy atom. The summed E-state index contributed by atoms with van der Waals surface area (Å²) in [6.07, 6.45) is 5.28. The third kappa shape index (κ3) is 4.28. The molecule has 6 nitrogen and oxygen atoms in total. The highest BCUT2D eigenvalue weighted by atomic mass is 35.5. The van der Waals surface area contributed by atoms with Crippen molar-refractivity contribution in [2.45, 2.75) is 26.3 Å². The minimum Gasteiger partial charge on any atom is -0.322 e. The number of anilines is 1. The molecule has 0 atom stereocenters. The van der Waals surface area contributed by atoms with Gasteiger partial charge in [0.05, 0.1) is 29.7 Å². The van der Waals surface area contributed by atoms with Gasteiger partial charge in [-0.05, 0) is 47.9 Å². The van der Waals surface area contributed by atoms with Gasteiger partial charge in [-0.3, -0.25) is 9.48 Å². The lowest BCUT2D eigenvalue weighted by Gasteiger charge is -2.13. The molecule has 2 aromatic heterocycles. The van der Waals surface area contributed by atoms with E-state index in [-0.39, 0.29) is 11.8 Å². The quantitative estimate of drug-likeness (QED) is 0.470. The maximum Gasteiger partial charge on any atom is 0.259 e. The molecule has 0 aliphatic heterocycles. The van der Waals surface area contributed by atoms with E-state index in [4.69, 9.17) is 11.6 Å². The van der Waals surface area contributed by atoms with Crippen molar-refractivity contribution in [2.24, 2.45) is 0 Å². The molecule has 0 fully saturated rings. The first-order chi connectivity index (χ1) is 14.5. The second-order valence-electron chi connectivity index (χ2n) is 7.34. The Kier molecular flexibility index (Phi) is 5.68. The second-order valence-corrected chi connectivity index (χ2v) is 7.78. The van der Waals surface area contributed by atoms with Gasteiger partial charge in [0.15, 0.2) is 0 Å². The summed E-state index contributed by atoms with van der Waals surface area (Å²) in [5.41, 5.74) is 4.05. The van der Waals surface area contributed by atoms with E-state index in [2.05, 4.69) is 15.5 Å². The lowest BCUT2D eigenvalue weighted by Crippen LogP contribution is -2.15. The van der Waals surface area contributed by atoms with Crippen molar-refractivity contribution in [3.8, 4) is 5.69 Å². The van der Waals surface area contributed by atoms with Gasteiger partial charge in [-0.1, -0.05) is 43.6 Å². The van der Waals surface area contributed by atoms with Gasteiger partial charge in [0, 0.05) is 23.1 Å². The van der Waals surface area contributed by atoms with Crippen molar-refractivity contribution in [3.05, 3.63) is 95.0 Å². The highest BCUT2D eigenvalue weighted by molar-refractivity contribution is 6.30. The molecule has 7 heteroatoms. The fraction of sp³-hybridized carbons (Fsp3) is 0.174. The molecule has 0 radical (unpaired) electrons. The Labute approximate surface area is 180 Å². The summed E-state index contributed by atoms with van der Waals surface area (Å²) in [5, 5.41) is 12.3.